The van der Waals surface area contributed by atoms with Gasteiger partial charge in [-0.2, -0.15) is 0 Å². The fourth-order valence-electron chi connectivity index (χ4n) is 0.324. The van der Waals surface area contributed by atoms with Crippen LogP contribution < -0.4 is 0 Å². The van der Waals surface area contributed by atoms with Gasteiger partial charge in [-0.05, 0) is 0 Å². The number of esters is 1. The molecule has 0 heterocycles. The van der Waals surface area contributed by atoms with E-state index in [1.807, 2.05) is 0 Å². The minimum atomic E-state index is -4.04. The van der Waals surface area contributed by atoms with E-state index in [-0.39, 0.29) is 6.61 Å². The quantitative estimate of drug-likeness (QED) is 0.319. The average Bonchev–Trinajstić information content (AvgIpc) is 2.15. The van der Waals surface area contributed by atoms with E-state index < -0.39 is 27.3 Å². The normalized spacial score (nSPS) is 10.8. The topological polar surface area (TPSA) is 141 Å². The second-order valence-corrected chi connectivity index (χ2v) is 5.85. The predicted molar refractivity (Wildman–Crippen MR) is 60.3 cm³/mol. The Morgan fingerprint density at radius 1 is 1.18 bits per heavy atom. The van der Waals surface area contributed by atoms with Crippen molar-refractivity contribution in [1.82, 2.24) is 0 Å². The molecule has 0 atom stereocenters. The Bertz CT molecular complexity index is 351. The molecular formula is C7H14O8P2. The molecule has 0 amide bonds. The maximum atomic E-state index is 10.3. The van der Waals surface area contributed by atoms with Gasteiger partial charge in [-0.25, -0.2) is 4.79 Å². The van der Waals surface area contributed by atoms with Crippen molar-refractivity contribution in [2.24, 2.45) is 0 Å². The number of hydrogen-bond acceptors (Lipinski definition) is 4. The summed E-state index contributed by atoms with van der Waals surface area (Å²) in [6.45, 7) is 5.69. The Morgan fingerprint density at radius 3 is 1.82 bits per heavy atom. The summed E-state index contributed by atoms with van der Waals surface area (Å²) < 4.78 is 24.1. The number of carbonyl (C=O) groups excluding carboxylic acids is 1. The number of rotatable bonds is 5. The highest BCUT2D eigenvalue weighted by molar-refractivity contribution is 7.55. The first-order valence-corrected chi connectivity index (χ1v) is 7.52. The van der Waals surface area contributed by atoms with Crippen LogP contribution in [-0.2, 0) is 18.7 Å². The van der Waals surface area contributed by atoms with Gasteiger partial charge in [0.15, 0.2) is 0 Å². The molecule has 0 aromatic carbocycles. The zero-order valence-electron chi connectivity index (χ0n) is 8.80. The standard InChI is InChI=1S/C5H9O5P.C2H5O3P/c1-2-5(6)10-3-4-11(7,8)9;1-2-6(3,4)5/h2H,1,3-4H2,(H2,7,8,9);2H,1H2,(H2,3,4,5). The Morgan fingerprint density at radius 2 is 1.59 bits per heavy atom. The van der Waals surface area contributed by atoms with E-state index in [4.69, 9.17) is 19.6 Å². The van der Waals surface area contributed by atoms with E-state index in [9.17, 15) is 13.9 Å². The number of hydrogen-bond donors (Lipinski definition) is 4. The van der Waals surface area contributed by atoms with Crippen molar-refractivity contribution in [2.45, 2.75) is 0 Å². The van der Waals surface area contributed by atoms with Gasteiger partial charge in [0.2, 0.25) is 0 Å². The first-order valence-electron chi connectivity index (χ1n) is 4.04. The molecule has 17 heavy (non-hydrogen) atoms. The van der Waals surface area contributed by atoms with Crippen LogP contribution in [0.5, 0.6) is 0 Å². The van der Waals surface area contributed by atoms with E-state index >= 15 is 0 Å². The van der Waals surface area contributed by atoms with Crippen LogP contribution in [0, 0.1) is 0 Å². The molecule has 0 unspecified atom stereocenters. The lowest BCUT2D eigenvalue weighted by Crippen LogP contribution is -2.05. The Labute approximate surface area is 97.9 Å². The van der Waals surface area contributed by atoms with Crippen LogP contribution in [0.3, 0.4) is 0 Å². The zero-order chi connectivity index (χ0) is 14.1. The van der Waals surface area contributed by atoms with Gasteiger partial charge in [0.05, 0.1) is 6.16 Å². The van der Waals surface area contributed by atoms with Crippen LogP contribution in [0.1, 0.15) is 0 Å². The highest BCUT2D eigenvalue weighted by atomic mass is 31.2. The third-order valence-corrected chi connectivity index (χ3v) is 2.27. The van der Waals surface area contributed by atoms with Gasteiger partial charge in [0.25, 0.3) is 0 Å². The monoisotopic (exact) mass is 288 g/mol. The summed E-state index contributed by atoms with van der Waals surface area (Å²) >= 11 is 0. The smallest absolute Gasteiger partial charge is 0.348 e. The molecule has 0 aromatic rings. The highest BCUT2D eigenvalue weighted by Gasteiger charge is 2.12. The van der Waals surface area contributed by atoms with Crippen molar-refractivity contribution in [3.63, 3.8) is 0 Å². The lowest BCUT2D eigenvalue weighted by Gasteiger charge is -2.02. The molecule has 0 rings (SSSR count). The summed E-state index contributed by atoms with van der Waals surface area (Å²) in [5.41, 5.74) is 0. The molecule has 0 aromatic heterocycles. The lowest BCUT2D eigenvalue weighted by molar-refractivity contribution is -0.137. The van der Waals surface area contributed by atoms with Crippen molar-refractivity contribution in [3.05, 3.63) is 25.1 Å². The third-order valence-electron chi connectivity index (χ3n) is 1.03. The molecule has 0 aliphatic heterocycles. The third kappa shape index (κ3) is 21.2. The first-order chi connectivity index (χ1) is 7.52. The summed E-state index contributed by atoms with van der Waals surface area (Å²) in [7, 11) is -7.93. The molecule has 10 heteroatoms. The minimum Gasteiger partial charge on any atom is -0.462 e. The summed E-state index contributed by atoms with van der Waals surface area (Å²) in [4.78, 5) is 42.5. The Balaban J connectivity index is 0. The second kappa shape index (κ2) is 8.36. The highest BCUT2D eigenvalue weighted by Crippen LogP contribution is 2.34. The summed E-state index contributed by atoms with van der Waals surface area (Å²) in [5.74, 6) is -0.0778. The molecule has 0 saturated carbocycles. The van der Waals surface area contributed by atoms with Crippen LogP contribution in [0.4, 0.5) is 0 Å². The van der Waals surface area contributed by atoms with Crippen molar-refractivity contribution in [3.8, 4) is 0 Å². The van der Waals surface area contributed by atoms with Crippen molar-refractivity contribution in [2.75, 3.05) is 12.8 Å². The number of carbonyl (C=O) groups is 1. The van der Waals surface area contributed by atoms with Crippen LogP contribution in [0.25, 0.3) is 0 Å². The van der Waals surface area contributed by atoms with E-state index in [2.05, 4.69) is 17.9 Å². The molecule has 0 radical (unpaired) electrons. The average molecular weight is 288 g/mol. The number of ether oxygens (including phenoxy) is 1. The fraction of sp³-hybridized carbons (Fsp3) is 0.286. The largest absolute Gasteiger partial charge is 0.462 e. The molecule has 0 aliphatic rings. The lowest BCUT2D eigenvalue weighted by atomic mass is 10.6. The van der Waals surface area contributed by atoms with Gasteiger partial charge in [0.1, 0.15) is 6.61 Å². The van der Waals surface area contributed by atoms with Crippen LogP contribution >= 0.6 is 15.2 Å². The second-order valence-electron chi connectivity index (χ2n) is 2.53. The molecule has 100 valence electrons. The van der Waals surface area contributed by atoms with Gasteiger partial charge in [0, 0.05) is 11.9 Å². The Kier molecular flexibility index (Phi) is 9.15. The SMILES string of the molecule is C=CC(=O)OCCP(=O)(O)O.C=CP(=O)(O)O. The van der Waals surface area contributed by atoms with Crippen LogP contribution in [0.15, 0.2) is 25.1 Å². The van der Waals surface area contributed by atoms with Gasteiger partial charge < -0.3 is 24.3 Å². The van der Waals surface area contributed by atoms with Crippen LogP contribution in [0.2, 0.25) is 0 Å². The molecule has 0 aliphatic carbocycles. The molecule has 0 bridgehead atoms. The maximum absolute atomic E-state index is 10.3. The maximum Gasteiger partial charge on any atom is 0.348 e. The molecule has 0 spiro atoms. The van der Waals surface area contributed by atoms with E-state index in [1.54, 1.807) is 0 Å². The van der Waals surface area contributed by atoms with Crippen molar-refractivity contribution < 1.29 is 38.2 Å². The molecule has 0 saturated heterocycles. The van der Waals surface area contributed by atoms with Gasteiger partial charge >= 0.3 is 21.2 Å². The van der Waals surface area contributed by atoms with Gasteiger partial charge in [-0.15, -0.1) is 0 Å². The van der Waals surface area contributed by atoms with E-state index in [1.165, 1.54) is 0 Å². The van der Waals surface area contributed by atoms with E-state index in [0.29, 0.717) is 5.82 Å². The zero-order valence-corrected chi connectivity index (χ0v) is 10.6. The molecule has 8 nitrogen and oxygen atoms in total. The minimum absolute atomic E-state index is 0.283. The Hall–Kier alpha value is -0.750. The van der Waals surface area contributed by atoms with Gasteiger partial charge in [-0.1, -0.05) is 13.2 Å². The summed E-state index contributed by atoms with van der Waals surface area (Å²) in [6, 6.07) is 0. The summed E-state index contributed by atoms with van der Waals surface area (Å²) in [5, 5.41) is 0. The van der Waals surface area contributed by atoms with Crippen molar-refractivity contribution >= 4 is 21.2 Å². The first kappa shape index (κ1) is 18.6. The fourth-order valence-corrected chi connectivity index (χ4v) is 0.653. The molecule has 4 N–H and O–H groups in total. The van der Waals surface area contributed by atoms with Crippen molar-refractivity contribution in [1.29, 1.82) is 0 Å². The molecular weight excluding hydrogens is 274 g/mol. The molecule has 0 fully saturated rings. The van der Waals surface area contributed by atoms with E-state index in [0.717, 1.165) is 6.08 Å². The summed E-state index contributed by atoms with van der Waals surface area (Å²) in [6.07, 6.45) is 0.478. The van der Waals surface area contributed by atoms with Crippen LogP contribution in [-0.4, -0.2) is 38.3 Å². The predicted octanol–water partition coefficient (Wildman–Crippen LogP) is 0.201. The van der Waals surface area contributed by atoms with Gasteiger partial charge in [-0.3, -0.25) is 9.13 Å².